The van der Waals surface area contributed by atoms with Crippen molar-refractivity contribution in [3.8, 4) is 5.75 Å². The molecule has 0 fully saturated rings. The summed E-state index contributed by atoms with van der Waals surface area (Å²) in [5.74, 6) is -0.0187. The Bertz CT molecular complexity index is 501. The summed E-state index contributed by atoms with van der Waals surface area (Å²) in [6, 6.07) is 1.53. The molecule has 6 nitrogen and oxygen atoms in total. The zero-order chi connectivity index (χ0) is 16.8. The van der Waals surface area contributed by atoms with Gasteiger partial charge in [-0.15, -0.1) is 5.10 Å². The van der Waals surface area contributed by atoms with Crippen LogP contribution in [0.2, 0.25) is 18.1 Å². The first-order valence-corrected chi connectivity index (χ1v) is 10.3. The first kappa shape index (κ1) is 18.6. The lowest BCUT2D eigenvalue weighted by Gasteiger charge is -2.36. The van der Waals surface area contributed by atoms with Crippen molar-refractivity contribution in [3.63, 3.8) is 0 Å². The molecule has 0 aliphatic rings. The maximum Gasteiger partial charge on any atom is 0.358 e. The normalized spacial score (nSPS) is 12.1. The van der Waals surface area contributed by atoms with E-state index in [2.05, 4.69) is 44.1 Å². The Morgan fingerprint density at radius 2 is 1.95 bits per heavy atom. The van der Waals surface area contributed by atoms with Gasteiger partial charge in [0.2, 0.25) is 0 Å². The predicted octanol–water partition coefficient (Wildman–Crippen LogP) is 3.05. The highest BCUT2D eigenvalue weighted by Gasteiger charge is 2.36. The molecule has 1 aromatic rings. The number of esters is 1. The third-order valence-corrected chi connectivity index (χ3v) is 8.27. The van der Waals surface area contributed by atoms with Crippen molar-refractivity contribution in [1.82, 2.24) is 10.2 Å². The van der Waals surface area contributed by atoms with Crippen LogP contribution >= 0.6 is 0 Å². The fraction of sp³-hybridized carbons (Fsp3) is 0.667. The molecule has 0 spiro atoms. The van der Waals surface area contributed by atoms with E-state index in [9.17, 15) is 4.79 Å². The monoisotopic (exact) mass is 326 g/mol. The van der Waals surface area contributed by atoms with Gasteiger partial charge in [0, 0.05) is 6.07 Å². The predicted molar refractivity (Wildman–Crippen MR) is 86.6 cm³/mol. The summed E-state index contributed by atoms with van der Waals surface area (Å²) < 4.78 is 16.5. The van der Waals surface area contributed by atoms with Crippen LogP contribution in [-0.4, -0.2) is 44.3 Å². The lowest BCUT2D eigenvalue weighted by atomic mass is 10.2. The van der Waals surface area contributed by atoms with Crippen molar-refractivity contribution in [2.45, 2.75) is 45.8 Å². The van der Waals surface area contributed by atoms with Gasteiger partial charge < -0.3 is 13.9 Å². The Hall–Kier alpha value is -1.47. The van der Waals surface area contributed by atoms with E-state index in [4.69, 9.17) is 13.9 Å². The molecule has 1 heterocycles. The summed E-state index contributed by atoms with van der Waals surface area (Å²) in [6.45, 7) is 13.9. The third-order valence-electron chi connectivity index (χ3n) is 3.74. The van der Waals surface area contributed by atoms with Gasteiger partial charge >= 0.3 is 5.97 Å². The Morgan fingerprint density at radius 1 is 1.27 bits per heavy atom. The molecule has 0 amide bonds. The highest BCUT2D eigenvalue weighted by atomic mass is 28.4. The van der Waals surface area contributed by atoms with Crippen molar-refractivity contribution >= 4 is 14.3 Å². The lowest BCUT2D eigenvalue weighted by Crippen LogP contribution is -2.41. The number of hydrogen-bond donors (Lipinski definition) is 0. The summed E-state index contributed by atoms with van der Waals surface area (Å²) >= 11 is 0. The molecule has 0 saturated heterocycles. The molecule has 7 heteroatoms. The van der Waals surface area contributed by atoms with Crippen molar-refractivity contribution in [2.75, 3.05) is 19.8 Å². The molecule has 0 atom stereocenters. The van der Waals surface area contributed by atoms with Crippen LogP contribution in [0.4, 0.5) is 0 Å². The topological polar surface area (TPSA) is 70.5 Å². The van der Waals surface area contributed by atoms with Crippen LogP contribution in [0.3, 0.4) is 0 Å². The minimum Gasteiger partial charge on any atom is -0.489 e. The van der Waals surface area contributed by atoms with Gasteiger partial charge in [-0.2, -0.15) is 5.10 Å². The summed E-state index contributed by atoms with van der Waals surface area (Å²) in [4.78, 5) is 11.6. The average molecular weight is 326 g/mol. The first-order valence-electron chi connectivity index (χ1n) is 7.44. The molecule has 0 aliphatic heterocycles. The number of hydrogen-bond acceptors (Lipinski definition) is 6. The molecule has 1 rings (SSSR count). The molecule has 0 aliphatic carbocycles. The van der Waals surface area contributed by atoms with Gasteiger partial charge in [-0.1, -0.05) is 20.8 Å². The number of carbonyl (C=O) groups excluding carboxylic acids is 1. The zero-order valence-electron chi connectivity index (χ0n) is 14.3. The van der Waals surface area contributed by atoms with E-state index < -0.39 is 14.3 Å². The highest BCUT2D eigenvalue weighted by Crippen LogP contribution is 2.36. The lowest BCUT2D eigenvalue weighted by molar-refractivity contribution is 0.0517. The largest absolute Gasteiger partial charge is 0.489 e. The summed E-state index contributed by atoms with van der Waals surface area (Å²) in [5, 5.41) is 7.64. The highest BCUT2D eigenvalue weighted by molar-refractivity contribution is 6.74. The van der Waals surface area contributed by atoms with Crippen molar-refractivity contribution < 1.29 is 18.7 Å². The standard InChI is InChI=1S/C15H26N2O4Si/c1-7-19-14(18)13-10-12(11-16-17-13)20-8-9-21-22(5,6)15(2,3)4/h10-11H,7-9H2,1-6H3. The SMILES string of the molecule is CCOC(=O)c1cc(OCCO[Si](C)(C)C(C)(C)C)cnn1. The van der Waals surface area contributed by atoms with Crippen LogP contribution in [0.1, 0.15) is 38.2 Å². The van der Waals surface area contributed by atoms with Gasteiger partial charge in [0.05, 0.1) is 19.4 Å². The molecule has 124 valence electrons. The number of carbonyl (C=O) groups is 1. The van der Waals surface area contributed by atoms with Gasteiger partial charge in [-0.05, 0) is 25.1 Å². The van der Waals surface area contributed by atoms with E-state index in [0.717, 1.165) is 0 Å². The molecule has 0 N–H and O–H groups in total. The molecule has 0 bridgehead atoms. The van der Waals surface area contributed by atoms with Gasteiger partial charge in [-0.25, -0.2) is 4.79 Å². The van der Waals surface area contributed by atoms with E-state index in [0.29, 0.717) is 25.6 Å². The summed E-state index contributed by atoms with van der Waals surface area (Å²) in [5.41, 5.74) is 0.143. The van der Waals surface area contributed by atoms with Crippen LogP contribution in [0.15, 0.2) is 12.3 Å². The van der Waals surface area contributed by atoms with E-state index in [-0.39, 0.29) is 10.7 Å². The molecule has 0 radical (unpaired) electrons. The van der Waals surface area contributed by atoms with E-state index >= 15 is 0 Å². The van der Waals surface area contributed by atoms with Crippen LogP contribution < -0.4 is 4.74 Å². The first-order chi connectivity index (χ1) is 10.2. The maximum absolute atomic E-state index is 11.6. The van der Waals surface area contributed by atoms with E-state index in [1.165, 1.54) is 12.3 Å². The fourth-order valence-corrected chi connectivity index (χ4v) is 2.43. The molecule has 0 unspecified atom stereocenters. The Morgan fingerprint density at radius 3 is 2.55 bits per heavy atom. The maximum atomic E-state index is 11.6. The Kier molecular flexibility index (Phi) is 6.49. The third kappa shape index (κ3) is 5.38. The average Bonchev–Trinajstić information content (AvgIpc) is 2.43. The fourth-order valence-electron chi connectivity index (χ4n) is 1.41. The van der Waals surface area contributed by atoms with Crippen molar-refractivity contribution in [3.05, 3.63) is 18.0 Å². The molecular formula is C15H26N2O4Si. The minimum atomic E-state index is -1.76. The van der Waals surface area contributed by atoms with Crippen molar-refractivity contribution in [2.24, 2.45) is 0 Å². The summed E-state index contributed by atoms with van der Waals surface area (Å²) in [7, 11) is -1.76. The van der Waals surface area contributed by atoms with Crippen LogP contribution in [-0.2, 0) is 9.16 Å². The van der Waals surface area contributed by atoms with Gasteiger partial charge in [0.25, 0.3) is 0 Å². The Balaban J connectivity index is 2.49. The van der Waals surface area contributed by atoms with Crippen LogP contribution in [0.5, 0.6) is 5.75 Å². The molecule has 1 aromatic heterocycles. The van der Waals surface area contributed by atoms with Gasteiger partial charge in [-0.3, -0.25) is 0 Å². The summed E-state index contributed by atoms with van der Waals surface area (Å²) in [6.07, 6.45) is 1.47. The van der Waals surface area contributed by atoms with Gasteiger partial charge in [0.1, 0.15) is 12.4 Å². The second-order valence-electron chi connectivity index (χ2n) is 6.45. The smallest absolute Gasteiger partial charge is 0.358 e. The molecule has 22 heavy (non-hydrogen) atoms. The molecular weight excluding hydrogens is 300 g/mol. The molecule has 0 saturated carbocycles. The van der Waals surface area contributed by atoms with E-state index in [1.807, 2.05) is 0 Å². The number of aromatic nitrogens is 2. The van der Waals surface area contributed by atoms with E-state index in [1.54, 1.807) is 6.92 Å². The zero-order valence-corrected chi connectivity index (χ0v) is 15.3. The second-order valence-corrected chi connectivity index (χ2v) is 11.3. The van der Waals surface area contributed by atoms with Crippen LogP contribution in [0.25, 0.3) is 0 Å². The Labute approximate surface area is 133 Å². The quantitative estimate of drug-likeness (QED) is 0.436. The number of rotatable bonds is 7. The minimum absolute atomic E-state index is 0.143. The van der Waals surface area contributed by atoms with Crippen molar-refractivity contribution in [1.29, 1.82) is 0 Å². The van der Waals surface area contributed by atoms with Gasteiger partial charge in [0.15, 0.2) is 14.0 Å². The molecule has 0 aromatic carbocycles. The van der Waals surface area contributed by atoms with Crippen LogP contribution in [0, 0.1) is 0 Å². The second kappa shape index (κ2) is 7.69. The number of ether oxygens (including phenoxy) is 2. The number of nitrogens with zero attached hydrogens (tertiary/aromatic N) is 2.